The highest BCUT2D eigenvalue weighted by atomic mass is 19.2. The Labute approximate surface area is 174 Å². The zero-order chi connectivity index (χ0) is 22.1. The van der Waals surface area contributed by atoms with Gasteiger partial charge in [0.05, 0.1) is 12.1 Å². The Kier molecular flexibility index (Phi) is 5.29. The van der Waals surface area contributed by atoms with E-state index in [1.54, 1.807) is 0 Å². The summed E-state index contributed by atoms with van der Waals surface area (Å²) in [5.41, 5.74) is 0.627. The van der Waals surface area contributed by atoms with Gasteiger partial charge in [0.15, 0.2) is 11.6 Å². The number of hydrogen-bond donors (Lipinski definition) is 1. The fourth-order valence-corrected chi connectivity index (χ4v) is 3.21. The number of nitrogens with zero attached hydrogens (tertiary/aromatic N) is 1. The van der Waals surface area contributed by atoms with Crippen molar-refractivity contribution in [2.24, 2.45) is 0 Å². The van der Waals surface area contributed by atoms with Crippen LogP contribution in [0.3, 0.4) is 0 Å². The summed E-state index contributed by atoms with van der Waals surface area (Å²) in [4.78, 5) is 27.1. The molecule has 3 aromatic rings. The van der Waals surface area contributed by atoms with Crippen LogP contribution in [0.2, 0.25) is 0 Å². The Morgan fingerprint density at radius 3 is 1.94 bits per heavy atom. The van der Waals surface area contributed by atoms with Crippen LogP contribution in [0.4, 0.5) is 23.2 Å². The van der Waals surface area contributed by atoms with Gasteiger partial charge in [0, 0.05) is 11.8 Å². The van der Waals surface area contributed by atoms with Gasteiger partial charge in [-0.15, -0.1) is 0 Å². The van der Waals surface area contributed by atoms with Gasteiger partial charge in [0.2, 0.25) is 0 Å². The Bertz CT molecular complexity index is 1210. The van der Waals surface area contributed by atoms with Gasteiger partial charge in [-0.05, 0) is 47.5 Å². The number of anilines is 1. The number of imide groups is 1. The van der Waals surface area contributed by atoms with Gasteiger partial charge in [-0.1, -0.05) is 24.3 Å². The van der Waals surface area contributed by atoms with E-state index in [1.807, 2.05) is 0 Å². The van der Waals surface area contributed by atoms with Crippen LogP contribution in [0.1, 0.15) is 11.1 Å². The lowest BCUT2D eigenvalue weighted by Gasteiger charge is -2.15. The van der Waals surface area contributed by atoms with Crippen LogP contribution >= 0.6 is 0 Å². The van der Waals surface area contributed by atoms with E-state index in [0.717, 1.165) is 29.2 Å². The summed E-state index contributed by atoms with van der Waals surface area (Å²) in [6, 6.07) is 13.2. The lowest BCUT2D eigenvalue weighted by molar-refractivity contribution is -0.137. The third kappa shape index (κ3) is 4.05. The van der Waals surface area contributed by atoms with Gasteiger partial charge >= 0.3 is 0 Å². The predicted octanol–water partition coefficient (Wildman–Crippen LogP) is 4.64. The monoisotopic (exact) mass is 426 g/mol. The maximum Gasteiger partial charge on any atom is 0.278 e. The summed E-state index contributed by atoms with van der Waals surface area (Å²) in [5.74, 6) is -4.56. The minimum absolute atomic E-state index is 0.0446. The molecule has 0 fully saturated rings. The van der Waals surface area contributed by atoms with Gasteiger partial charge in [-0.2, -0.15) is 0 Å². The molecule has 0 spiro atoms. The van der Waals surface area contributed by atoms with Crippen LogP contribution < -0.4 is 5.32 Å². The standard InChI is InChI=1S/C23H14F4N2O2/c24-15-5-1-13(2-6-15)12-29-22(30)20(14-3-7-16(25)8-4-14)21(23(29)31)28-17-9-10-18(26)19(27)11-17/h1-11,28H,12H2. The molecule has 156 valence electrons. The van der Waals surface area contributed by atoms with Gasteiger partial charge in [0.1, 0.15) is 17.3 Å². The zero-order valence-electron chi connectivity index (χ0n) is 15.8. The van der Waals surface area contributed by atoms with Crippen LogP contribution in [-0.2, 0) is 16.1 Å². The summed E-state index contributed by atoms with van der Waals surface area (Å²) >= 11 is 0. The lowest BCUT2D eigenvalue weighted by Crippen LogP contribution is -2.32. The highest BCUT2D eigenvalue weighted by molar-refractivity contribution is 6.36. The van der Waals surface area contributed by atoms with Crippen molar-refractivity contribution in [2.45, 2.75) is 6.54 Å². The molecule has 8 heteroatoms. The first-order valence-electron chi connectivity index (χ1n) is 9.16. The molecule has 0 aliphatic carbocycles. The maximum absolute atomic E-state index is 13.6. The SMILES string of the molecule is O=C1C(Nc2ccc(F)c(F)c2)=C(c2ccc(F)cc2)C(=O)N1Cc1ccc(F)cc1. The second-order valence-electron chi connectivity index (χ2n) is 6.83. The third-order valence-electron chi connectivity index (χ3n) is 4.74. The third-order valence-corrected chi connectivity index (χ3v) is 4.74. The highest BCUT2D eigenvalue weighted by Gasteiger charge is 2.39. The second-order valence-corrected chi connectivity index (χ2v) is 6.83. The Balaban J connectivity index is 1.74. The van der Waals surface area contributed by atoms with Crippen LogP contribution in [0.5, 0.6) is 0 Å². The van der Waals surface area contributed by atoms with Crippen molar-refractivity contribution in [1.82, 2.24) is 4.90 Å². The van der Waals surface area contributed by atoms with E-state index in [9.17, 15) is 27.2 Å². The molecule has 1 aliphatic heterocycles. The number of benzene rings is 3. The van der Waals surface area contributed by atoms with E-state index in [1.165, 1.54) is 42.5 Å². The Hall–Kier alpha value is -3.94. The molecule has 0 radical (unpaired) electrons. The molecule has 1 heterocycles. The average Bonchev–Trinajstić information content (AvgIpc) is 2.97. The number of rotatable bonds is 5. The van der Waals surface area contributed by atoms with Gasteiger partial charge < -0.3 is 5.32 Å². The second kappa shape index (κ2) is 8.06. The summed E-state index contributed by atoms with van der Waals surface area (Å²) in [6.07, 6.45) is 0. The minimum Gasteiger partial charge on any atom is -0.350 e. The number of carbonyl (C=O) groups is 2. The van der Waals surface area contributed by atoms with E-state index in [4.69, 9.17) is 0 Å². The quantitative estimate of drug-likeness (QED) is 0.478. The largest absolute Gasteiger partial charge is 0.350 e. The van der Waals surface area contributed by atoms with Crippen molar-refractivity contribution in [3.63, 3.8) is 0 Å². The van der Waals surface area contributed by atoms with Crippen LogP contribution in [0.15, 0.2) is 72.4 Å². The van der Waals surface area contributed by atoms with Crippen LogP contribution in [0.25, 0.3) is 5.57 Å². The fourth-order valence-electron chi connectivity index (χ4n) is 3.21. The summed E-state index contributed by atoms with van der Waals surface area (Å²) in [5, 5.41) is 2.68. The predicted molar refractivity (Wildman–Crippen MR) is 105 cm³/mol. The Morgan fingerprint density at radius 2 is 1.32 bits per heavy atom. The lowest BCUT2D eigenvalue weighted by atomic mass is 10.0. The van der Waals surface area contributed by atoms with E-state index < -0.39 is 35.1 Å². The molecule has 2 amide bonds. The number of nitrogens with one attached hydrogen (secondary N) is 1. The smallest absolute Gasteiger partial charge is 0.278 e. The fraction of sp³-hybridized carbons (Fsp3) is 0.0435. The normalized spacial score (nSPS) is 13.9. The van der Waals surface area contributed by atoms with E-state index in [0.29, 0.717) is 5.56 Å². The molecule has 4 nitrogen and oxygen atoms in total. The average molecular weight is 426 g/mol. The van der Waals surface area contributed by atoms with Crippen LogP contribution in [-0.4, -0.2) is 16.7 Å². The molecule has 1 N–H and O–H groups in total. The Morgan fingerprint density at radius 1 is 0.710 bits per heavy atom. The molecule has 0 aromatic heterocycles. The molecule has 0 unspecified atom stereocenters. The number of halogens is 4. The van der Waals surface area contributed by atoms with Crippen molar-refractivity contribution in [3.05, 3.63) is 107 Å². The van der Waals surface area contributed by atoms with E-state index in [2.05, 4.69) is 5.32 Å². The van der Waals surface area contributed by atoms with Crippen molar-refractivity contribution in [1.29, 1.82) is 0 Å². The van der Waals surface area contributed by atoms with Crippen molar-refractivity contribution in [3.8, 4) is 0 Å². The van der Waals surface area contributed by atoms with E-state index >= 15 is 0 Å². The number of hydrogen-bond acceptors (Lipinski definition) is 3. The molecule has 0 saturated heterocycles. The van der Waals surface area contributed by atoms with Crippen molar-refractivity contribution in [2.75, 3.05) is 5.32 Å². The molecule has 4 rings (SSSR count). The molecule has 0 saturated carbocycles. The molecular weight excluding hydrogens is 412 g/mol. The van der Waals surface area contributed by atoms with Crippen molar-refractivity contribution >= 4 is 23.1 Å². The molecular formula is C23H14F4N2O2. The minimum atomic E-state index is -1.13. The molecule has 3 aromatic carbocycles. The number of carbonyl (C=O) groups excluding carboxylic acids is 2. The van der Waals surface area contributed by atoms with Gasteiger partial charge in [-0.25, -0.2) is 17.6 Å². The zero-order valence-corrected chi connectivity index (χ0v) is 15.8. The first kappa shape index (κ1) is 20.3. The maximum atomic E-state index is 13.6. The molecule has 1 aliphatic rings. The van der Waals surface area contributed by atoms with Crippen molar-refractivity contribution < 1.29 is 27.2 Å². The summed E-state index contributed by atoms with van der Waals surface area (Å²) in [6.45, 7) is -0.133. The van der Waals surface area contributed by atoms with Gasteiger partial charge in [0.25, 0.3) is 11.8 Å². The summed E-state index contributed by atoms with van der Waals surface area (Å²) in [7, 11) is 0. The highest BCUT2D eigenvalue weighted by Crippen LogP contribution is 2.32. The van der Waals surface area contributed by atoms with Gasteiger partial charge in [-0.3, -0.25) is 14.5 Å². The first-order valence-corrected chi connectivity index (χ1v) is 9.16. The molecule has 0 atom stereocenters. The topological polar surface area (TPSA) is 49.4 Å². The first-order chi connectivity index (χ1) is 14.8. The van der Waals surface area contributed by atoms with Crippen LogP contribution in [0, 0.1) is 23.3 Å². The summed E-state index contributed by atoms with van der Waals surface area (Å²) < 4.78 is 53.4. The molecule has 31 heavy (non-hydrogen) atoms. The van der Waals surface area contributed by atoms with E-state index in [-0.39, 0.29) is 29.1 Å². The molecule has 0 bridgehead atoms. The number of amides is 2.